The van der Waals surface area contributed by atoms with Crippen molar-refractivity contribution in [3.63, 3.8) is 0 Å². The van der Waals surface area contributed by atoms with Gasteiger partial charge in [0.05, 0.1) is 0 Å². The SMILES string of the molecule is CCC(C)(C)CC(C)(C)BS(=O)(=O)O. The van der Waals surface area contributed by atoms with Crippen LogP contribution in [-0.4, -0.2) is 19.5 Å². The number of rotatable bonds is 5. The summed E-state index contributed by atoms with van der Waals surface area (Å²) >= 11 is 0. The van der Waals surface area contributed by atoms with E-state index in [1.54, 1.807) is 0 Å². The Bertz CT molecular complexity index is 280. The molecule has 0 rings (SSSR count). The Morgan fingerprint density at radius 1 is 1.21 bits per heavy atom. The van der Waals surface area contributed by atoms with Crippen LogP contribution in [0.1, 0.15) is 47.5 Å². The first-order chi connectivity index (χ1) is 5.97. The third kappa shape index (κ3) is 6.43. The Hall–Kier alpha value is -0.0251. The van der Waals surface area contributed by atoms with Gasteiger partial charge in [-0.3, -0.25) is 4.55 Å². The normalized spacial score (nSPS) is 14.1. The first kappa shape index (κ1) is 14.0. The molecule has 0 fully saturated rings. The molecule has 0 aromatic carbocycles. The highest BCUT2D eigenvalue weighted by molar-refractivity contribution is 8.11. The second kappa shape index (κ2) is 4.23. The van der Waals surface area contributed by atoms with E-state index < -0.39 is 9.97 Å². The van der Waals surface area contributed by atoms with Gasteiger partial charge in [0, 0.05) is 0 Å². The van der Waals surface area contributed by atoms with Gasteiger partial charge in [0.25, 0.3) is 0 Å². The molecular formula is C9H21BO3S. The maximum absolute atomic E-state index is 10.8. The van der Waals surface area contributed by atoms with Crippen molar-refractivity contribution in [1.29, 1.82) is 0 Å². The Morgan fingerprint density at radius 2 is 1.64 bits per heavy atom. The van der Waals surface area contributed by atoms with Gasteiger partial charge < -0.3 is 0 Å². The minimum absolute atomic E-state index is 0.119. The zero-order valence-electron chi connectivity index (χ0n) is 9.79. The zero-order chi connectivity index (χ0) is 11.6. The van der Waals surface area contributed by atoms with Gasteiger partial charge in [-0.1, -0.05) is 41.0 Å². The molecular weight excluding hydrogens is 199 g/mol. The van der Waals surface area contributed by atoms with Gasteiger partial charge in [0.1, 0.15) is 0 Å². The Labute approximate surface area is 88.2 Å². The van der Waals surface area contributed by atoms with E-state index in [4.69, 9.17) is 4.55 Å². The lowest BCUT2D eigenvalue weighted by molar-refractivity contribution is 0.284. The van der Waals surface area contributed by atoms with Crippen LogP contribution in [-0.2, 0) is 9.97 Å². The zero-order valence-corrected chi connectivity index (χ0v) is 10.6. The second-order valence-corrected chi connectivity index (χ2v) is 7.04. The molecule has 0 aromatic heterocycles. The third-order valence-corrected chi connectivity index (χ3v) is 3.63. The molecule has 5 heteroatoms. The van der Waals surface area contributed by atoms with Gasteiger partial charge in [0.15, 0.2) is 0 Å². The molecule has 1 N–H and O–H groups in total. The number of hydrogen-bond acceptors (Lipinski definition) is 2. The molecule has 14 heavy (non-hydrogen) atoms. The molecule has 0 saturated carbocycles. The molecule has 3 nitrogen and oxygen atoms in total. The summed E-state index contributed by atoms with van der Waals surface area (Å²) in [6.07, 6.45) is 1.79. The molecule has 0 aliphatic heterocycles. The molecule has 0 aliphatic rings. The van der Waals surface area contributed by atoms with Crippen LogP contribution in [0.15, 0.2) is 0 Å². The standard InChI is InChI=1S/C9H21BO3S/c1-6-8(2,3)7-9(4,5)10-14(11,12)13/h10H,6-7H2,1-5H3,(H,11,12,13). The van der Waals surface area contributed by atoms with Gasteiger partial charge in [-0.2, -0.15) is 0 Å². The van der Waals surface area contributed by atoms with Crippen molar-refractivity contribution < 1.29 is 13.0 Å². The minimum atomic E-state index is -3.86. The van der Waals surface area contributed by atoms with Crippen molar-refractivity contribution in [3.05, 3.63) is 0 Å². The van der Waals surface area contributed by atoms with E-state index >= 15 is 0 Å². The summed E-state index contributed by atoms with van der Waals surface area (Å²) in [7, 11) is -3.86. The third-order valence-electron chi connectivity index (χ3n) is 2.49. The predicted molar refractivity (Wildman–Crippen MR) is 61.4 cm³/mol. The molecule has 0 aliphatic carbocycles. The van der Waals surface area contributed by atoms with Gasteiger partial charge in [-0.05, 0) is 17.2 Å². The fourth-order valence-corrected chi connectivity index (χ4v) is 3.05. The van der Waals surface area contributed by atoms with E-state index in [1.165, 1.54) is 0 Å². The lowest BCUT2D eigenvalue weighted by atomic mass is 9.62. The van der Waals surface area contributed by atoms with Crippen LogP contribution in [0.2, 0.25) is 5.31 Å². The van der Waals surface area contributed by atoms with Crippen LogP contribution < -0.4 is 0 Å². The predicted octanol–water partition coefficient (Wildman–Crippen LogP) is 2.25. The Balaban J connectivity index is 4.50. The van der Waals surface area contributed by atoms with Gasteiger partial charge in [-0.15, -0.1) is 0 Å². The van der Waals surface area contributed by atoms with Crippen LogP contribution in [0.25, 0.3) is 0 Å². The fourth-order valence-electron chi connectivity index (χ4n) is 1.97. The van der Waals surface area contributed by atoms with Crippen molar-refractivity contribution in [3.8, 4) is 0 Å². The summed E-state index contributed by atoms with van der Waals surface area (Å²) in [6, 6.07) is 0. The molecule has 0 unspecified atom stereocenters. The largest absolute Gasteiger partial charge is 0.314 e. The van der Waals surface area contributed by atoms with E-state index in [1.807, 2.05) is 13.8 Å². The summed E-state index contributed by atoms with van der Waals surface area (Å²) in [6.45, 7) is 9.89. The van der Waals surface area contributed by atoms with E-state index in [9.17, 15) is 8.42 Å². The monoisotopic (exact) mass is 220 g/mol. The highest BCUT2D eigenvalue weighted by Gasteiger charge is 2.33. The summed E-state index contributed by atoms with van der Waals surface area (Å²) in [5.74, 6) is 0. The lowest BCUT2D eigenvalue weighted by Gasteiger charge is -2.32. The molecule has 0 amide bonds. The summed E-state index contributed by atoms with van der Waals surface area (Å²) in [5, 5.41) is -0.368. The van der Waals surface area contributed by atoms with Gasteiger partial charge in [0.2, 0.25) is 9.97 Å². The average molecular weight is 220 g/mol. The number of hydrogen-bond donors (Lipinski definition) is 1. The molecule has 0 aromatic rings. The van der Waals surface area contributed by atoms with Gasteiger partial charge in [-0.25, -0.2) is 8.42 Å². The van der Waals surface area contributed by atoms with Gasteiger partial charge >= 0.3 is 6.56 Å². The van der Waals surface area contributed by atoms with E-state index in [2.05, 4.69) is 20.8 Å². The first-order valence-electron chi connectivity index (χ1n) is 4.93. The van der Waals surface area contributed by atoms with Crippen LogP contribution >= 0.6 is 0 Å². The van der Waals surface area contributed by atoms with Crippen LogP contribution in [0.3, 0.4) is 0 Å². The van der Waals surface area contributed by atoms with E-state index in [0.29, 0.717) is 0 Å². The molecule has 0 saturated heterocycles. The maximum atomic E-state index is 10.8. The minimum Gasteiger partial charge on any atom is -0.295 e. The van der Waals surface area contributed by atoms with Crippen LogP contribution in [0, 0.1) is 5.41 Å². The molecule has 0 radical (unpaired) electrons. The average Bonchev–Trinajstić information content (AvgIpc) is 1.78. The van der Waals surface area contributed by atoms with E-state index in [0.717, 1.165) is 12.8 Å². The highest BCUT2D eigenvalue weighted by atomic mass is 32.2. The fraction of sp³-hybridized carbons (Fsp3) is 1.00. The molecule has 84 valence electrons. The quantitative estimate of drug-likeness (QED) is 0.571. The van der Waals surface area contributed by atoms with Crippen molar-refractivity contribution in [2.45, 2.75) is 52.8 Å². The van der Waals surface area contributed by atoms with Crippen LogP contribution in [0.4, 0.5) is 0 Å². The first-order valence-corrected chi connectivity index (χ1v) is 6.54. The summed E-state index contributed by atoms with van der Waals surface area (Å²) in [5.41, 5.74) is 0.119. The molecule has 0 atom stereocenters. The topological polar surface area (TPSA) is 54.4 Å². The smallest absolute Gasteiger partial charge is 0.295 e. The Morgan fingerprint density at radius 3 is 1.93 bits per heavy atom. The molecule has 0 heterocycles. The van der Waals surface area contributed by atoms with Crippen molar-refractivity contribution >= 4 is 16.5 Å². The maximum Gasteiger partial charge on any atom is 0.314 e. The highest BCUT2D eigenvalue weighted by Crippen LogP contribution is 2.40. The van der Waals surface area contributed by atoms with E-state index in [-0.39, 0.29) is 17.3 Å². The van der Waals surface area contributed by atoms with Crippen molar-refractivity contribution in [2.24, 2.45) is 5.41 Å². The second-order valence-electron chi connectivity index (χ2n) is 5.59. The Kier molecular flexibility index (Phi) is 4.22. The summed E-state index contributed by atoms with van der Waals surface area (Å²) in [4.78, 5) is 0. The van der Waals surface area contributed by atoms with Crippen LogP contribution in [0.5, 0.6) is 0 Å². The van der Waals surface area contributed by atoms with Crippen molar-refractivity contribution in [2.75, 3.05) is 0 Å². The molecule has 0 bridgehead atoms. The van der Waals surface area contributed by atoms with Crippen molar-refractivity contribution in [1.82, 2.24) is 0 Å². The lowest BCUT2D eigenvalue weighted by Crippen LogP contribution is -2.27. The summed E-state index contributed by atoms with van der Waals surface area (Å²) < 4.78 is 30.3. The molecule has 0 spiro atoms.